The summed E-state index contributed by atoms with van der Waals surface area (Å²) in [6.45, 7) is 2.28. The normalized spacial score (nSPS) is 24.2. The van der Waals surface area contributed by atoms with Gasteiger partial charge in [0, 0.05) is 23.8 Å². The highest BCUT2D eigenvalue weighted by Gasteiger charge is 2.49. The van der Waals surface area contributed by atoms with Crippen molar-refractivity contribution in [3.05, 3.63) is 40.7 Å². The van der Waals surface area contributed by atoms with E-state index in [2.05, 4.69) is 29.6 Å². The molecule has 0 atom stereocenters. The molecular weight excluding hydrogens is 346 g/mol. The van der Waals surface area contributed by atoms with Gasteiger partial charge in [0.05, 0.1) is 25.5 Å². The molecule has 0 N–H and O–H groups in total. The van der Waals surface area contributed by atoms with Gasteiger partial charge in [0.2, 0.25) is 0 Å². The minimum Gasteiger partial charge on any atom is -0.368 e. The van der Waals surface area contributed by atoms with Crippen LogP contribution in [0.5, 0.6) is 0 Å². The van der Waals surface area contributed by atoms with Crippen LogP contribution in [0, 0.1) is 5.92 Å². The second-order valence-corrected chi connectivity index (χ2v) is 8.62. The molecule has 4 nitrogen and oxygen atoms in total. The fraction of sp³-hybridized carbons (Fsp3) is 0.571. The van der Waals surface area contributed by atoms with Crippen LogP contribution in [0.4, 0.5) is 0 Å². The first-order valence-electron chi connectivity index (χ1n) is 9.70. The predicted molar refractivity (Wildman–Crippen MR) is 101 cm³/mol. The summed E-state index contributed by atoms with van der Waals surface area (Å²) in [7, 11) is 0. The van der Waals surface area contributed by atoms with E-state index in [1.165, 1.54) is 18.4 Å². The summed E-state index contributed by atoms with van der Waals surface area (Å²) in [6, 6.07) is 10.4. The molecule has 5 rings (SSSR count). The molecule has 0 unspecified atom stereocenters. The Hall–Kier alpha value is -1.27. The van der Waals surface area contributed by atoms with Crippen LogP contribution < -0.4 is 0 Å². The maximum Gasteiger partial charge on any atom is 0.168 e. The maximum absolute atomic E-state index is 6.57. The standard InChI is InChI=1S/C21H25NO3S/c1-2-4-17(5-3-1)18-15-26-19(22-18)20(25-14-16-6-7-16)8-10-21(11-9-20)23-12-13-24-21/h1-5,15-16H,6-14H2. The van der Waals surface area contributed by atoms with Gasteiger partial charge in [0.25, 0.3) is 0 Å². The van der Waals surface area contributed by atoms with Crippen molar-refractivity contribution in [3.8, 4) is 11.3 Å². The third kappa shape index (κ3) is 3.22. The topological polar surface area (TPSA) is 40.6 Å². The Morgan fingerprint density at radius 3 is 2.46 bits per heavy atom. The molecule has 0 bridgehead atoms. The Kier molecular flexibility index (Phi) is 4.36. The van der Waals surface area contributed by atoms with Gasteiger partial charge >= 0.3 is 0 Å². The van der Waals surface area contributed by atoms with E-state index in [4.69, 9.17) is 19.2 Å². The van der Waals surface area contributed by atoms with Crippen molar-refractivity contribution in [1.82, 2.24) is 4.98 Å². The quantitative estimate of drug-likeness (QED) is 0.760. The van der Waals surface area contributed by atoms with Crippen LogP contribution in [0.25, 0.3) is 11.3 Å². The lowest BCUT2D eigenvalue weighted by Crippen LogP contribution is -2.43. The number of benzene rings is 1. The van der Waals surface area contributed by atoms with E-state index >= 15 is 0 Å². The van der Waals surface area contributed by atoms with Gasteiger partial charge in [-0.3, -0.25) is 0 Å². The largest absolute Gasteiger partial charge is 0.368 e. The van der Waals surface area contributed by atoms with E-state index in [9.17, 15) is 0 Å². The van der Waals surface area contributed by atoms with Crippen molar-refractivity contribution in [2.24, 2.45) is 5.92 Å². The monoisotopic (exact) mass is 371 g/mol. The van der Waals surface area contributed by atoms with Gasteiger partial charge in [-0.2, -0.15) is 0 Å². The lowest BCUT2D eigenvalue weighted by molar-refractivity contribution is -0.214. The molecule has 26 heavy (non-hydrogen) atoms. The second kappa shape index (κ2) is 6.71. The molecule has 3 fully saturated rings. The third-order valence-corrected chi connectivity index (χ3v) is 6.92. The molecule has 3 aliphatic rings. The summed E-state index contributed by atoms with van der Waals surface area (Å²) >= 11 is 1.74. The molecule has 1 aliphatic heterocycles. The lowest BCUT2D eigenvalue weighted by Gasteiger charge is -2.42. The zero-order valence-corrected chi connectivity index (χ0v) is 15.8. The van der Waals surface area contributed by atoms with Crippen molar-refractivity contribution in [2.75, 3.05) is 19.8 Å². The molecule has 1 aromatic heterocycles. The van der Waals surface area contributed by atoms with Crippen molar-refractivity contribution in [3.63, 3.8) is 0 Å². The number of ether oxygens (including phenoxy) is 3. The van der Waals surface area contributed by atoms with Crippen LogP contribution in [-0.4, -0.2) is 30.6 Å². The minimum absolute atomic E-state index is 0.277. The van der Waals surface area contributed by atoms with Gasteiger partial charge in [-0.25, -0.2) is 4.98 Å². The first-order chi connectivity index (χ1) is 12.8. The highest BCUT2D eigenvalue weighted by atomic mass is 32.1. The third-order valence-electron chi connectivity index (χ3n) is 5.89. The minimum atomic E-state index is -0.369. The molecule has 2 heterocycles. The Balaban J connectivity index is 1.40. The van der Waals surface area contributed by atoms with E-state index in [0.29, 0.717) is 13.2 Å². The zero-order chi connectivity index (χ0) is 17.5. The zero-order valence-electron chi connectivity index (χ0n) is 15.0. The molecule has 138 valence electrons. The first kappa shape index (κ1) is 16.9. The summed E-state index contributed by atoms with van der Waals surface area (Å²) in [5.41, 5.74) is 1.94. The maximum atomic E-state index is 6.57. The Labute approximate surface area is 158 Å². The van der Waals surface area contributed by atoms with Crippen LogP contribution >= 0.6 is 11.3 Å². The van der Waals surface area contributed by atoms with Crippen LogP contribution in [0.1, 0.15) is 43.5 Å². The van der Waals surface area contributed by atoms with Gasteiger partial charge in [0.1, 0.15) is 10.6 Å². The van der Waals surface area contributed by atoms with Crippen LogP contribution in [0.2, 0.25) is 0 Å². The molecule has 2 saturated carbocycles. The van der Waals surface area contributed by atoms with Gasteiger partial charge < -0.3 is 14.2 Å². The summed E-state index contributed by atoms with van der Waals surface area (Å²) in [5.74, 6) is 0.377. The number of hydrogen-bond donors (Lipinski definition) is 0. The van der Waals surface area contributed by atoms with E-state index in [0.717, 1.165) is 48.9 Å². The van der Waals surface area contributed by atoms with Crippen LogP contribution in [0.3, 0.4) is 0 Å². The van der Waals surface area contributed by atoms with Crippen LogP contribution in [0.15, 0.2) is 35.7 Å². The fourth-order valence-corrected chi connectivity index (χ4v) is 5.07. The molecule has 1 aromatic carbocycles. The number of aromatic nitrogens is 1. The fourth-order valence-electron chi connectivity index (χ4n) is 4.03. The molecule has 1 spiro atoms. The number of hydrogen-bond acceptors (Lipinski definition) is 5. The number of rotatable bonds is 5. The molecular formula is C21H25NO3S. The smallest absolute Gasteiger partial charge is 0.168 e. The first-order valence-corrected chi connectivity index (χ1v) is 10.6. The molecule has 1 saturated heterocycles. The van der Waals surface area contributed by atoms with Gasteiger partial charge in [0.15, 0.2) is 5.79 Å². The summed E-state index contributed by atoms with van der Waals surface area (Å²) in [5, 5.41) is 3.28. The summed E-state index contributed by atoms with van der Waals surface area (Å²) in [4.78, 5) is 5.00. The van der Waals surface area contributed by atoms with Crippen molar-refractivity contribution >= 4 is 11.3 Å². The van der Waals surface area contributed by atoms with Gasteiger partial charge in [-0.15, -0.1) is 11.3 Å². The summed E-state index contributed by atoms with van der Waals surface area (Å²) < 4.78 is 18.4. The van der Waals surface area contributed by atoms with E-state index in [1.807, 2.05) is 6.07 Å². The molecule has 2 aromatic rings. The Morgan fingerprint density at radius 1 is 1.04 bits per heavy atom. The van der Waals surface area contributed by atoms with E-state index in [1.54, 1.807) is 11.3 Å². The second-order valence-electron chi connectivity index (χ2n) is 7.76. The highest BCUT2D eigenvalue weighted by Crippen LogP contribution is 2.49. The molecule has 0 radical (unpaired) electrons. The predicted octanol–water partition coefficient (Wildman–Crippen LogP) is 4.75. The van der Waals surface area contributed by atoms with E-state index < -0.39 is 0 Å². The SMILES string of the molecule is c1ccc(-c2csc(C3(OCC4CC4)CCC4(CC3)OCCO4)n2)cc1. The Bertz CT molecular complexity index is 740. The number of thiazole rings is 1. The lowest BCUT2D eigenvalue weighted by atomic mass is 9.81. The highest BCUT2D eigenvalue weighted by molar-refractivity contribution is 7.10. The van der Waals surface area contributed by atoms with Crippen molar-refractivity contribution in [2.45, 2.75) is 49.9 Å². The van der Waals surface area contributed by atoms with Gasteiger partial charge in [-0.05, 0) is 31.6 Å². The van der Waals surface area contributed by atoms with Crippen LogP contribution in [-0.2, 0) is 19.8 Å². The van der Waals surface area contributed by atoms with Gasteiger partial charge in [-0.1, -0.05) is 30.3 Å². The molecule has 2 aliphatic carbocycles. The summed E-state index contributed by atoms with van der Waals surface area (Å²) in [6.07, 6.45) is 6.22. The van der Waals surface area contributed by atoms with E-state index in [-0.39, 0.29) is 11.4 Å². The van der Waals surface area contributed by atoms with Crippen molar-refractivity contribution in [1.29, 1.82) is 0 Å². The Morgan fingerprint density at radius 2 is 1.77 bits per heavy atom. The number of nitrogens with zero attached hydrogens (tertiary/aromatic N) is 1. The molecule has 0 amide bonds. The average molecular weight is 372 g/mol. The van der Waals surface area contributed by atoms with Crippen molar-refractivity contribution < 1.29 is 14.2 Å². The molecule has 5 heteroatoms. The average Bonchev–Trinajstić information content (AvgIpc) is 3.19.